The number of carbonyl (C=O) groups is 1. The minimum absolute atomic E-state index is 0.132. The van der Waals surface area contributed by atoms with Crippen molar-refractivity contribution in [3.63, 3.8) is 0 Å². The van der Waals surface area contributed by atoms with Gasteiger partial charge in [0.05, 0.1) is 6.54 Å². The SMILES string of the molecule is O=C(CN[C@@H]1C[C@H]1c1ccccc1)NCC1CCNCC1. The molecule has 4 nitrogen and oxygen atoms in total. The lowest BCUT2D eigenvalue weighted by molar-refractivity contribution is -0.120. The van der Waals surface area contributed by atoms with Gasteiger partial charge in [-0.15, -0.1) is 0 Å². The highest BCUT2D eigenvalue weighted by Crippen LogP contribution is 2.40. The lowest BCUT2D eigenvalue weighted by Crippen LogP contribution is -2.40. The van der Waals surface area contributed by atoms with Crippen LogP contribution in [0.2, 0.25) is 0 Å². The molecule has 1 aromatic rings. The highest BCUT2D eigenvalue weighted by molar-refractivity contribution is 5.78. The second kappa shape index (κ2) is 7.05. The quantitative estimate of drug-likeness (QED) is 0.738. The predicted molar refractivity (Wildman–Crippen MR) is 84.2 cm³/mol. The van der Waals surface area contributed by atoms with Gasteiger partial charge in [0.25, 0.3) is 0 Å². The van der Waals surface area contributed by atoms with Crippen LogP contribution in [0.1, 0.15) is 30.7 Å². The largest absolute Gasteiger partial charge is 0.355 e. The summed E-state index contributed by atoms with van der Waals surface area (Å²) >= 11 is 0. The van der Waals surface area contributed by atoms with E-state index in [1.807, 2.05) is 6.07 Å². The van der Waals surface area contributed by atoms with Crippen LogP contribution in [0.5, 0.6) is 0 Å². The Morgan fingerprint density at radius 2 is 1.95 bits per heavy atom. The van der Waals surface area contributed by atoms with E-state index in [-0.39, 0.29) is 5.91 Å². The van der Waals surface area contributed by atoms with E-state index in [4.69, 9.17) is 0 Å². The molecule has 1 aromatic carbocycles. The lowest BCUT2D eigenvalue weighted by Gasteiger charge is -2.22. The van der Waals surface area contributed by atoms with E-state index in [1.54, 1.807) is 0 Å². The Morgan fingerprint density at radius 3 is 2.71 bits per heavy atom. The van der Waals surface area contributed by atoms with Crippen LogP contribution in [-0.4, -0.2) is 38.1 Å². The van der Waals surface area contributed by atoms with Gasteiger partial charge in [0.15, 0.2) is 0 Å². The molecule has 3 rings (SSSR count). The maximum Gasteiger partial charge on any atom is 0.233 e. The van der Waals surface area contributed by atoms with Gasteiger partial charge in [-0.25, -0.2) is 0 Å². The number of piperidine rings is 1. The molecule has 1 amide bonds. The molecule has 21 heavy (non-hydrogen) atoms. The van der Waals surface area contributed by atoms with Crippen molar-refractivity contribution < 1.29 is 4.79 Å². The third-order valence-electron chi connectivity index (χ3n) is 4.59. The molecule has 1 aliphatic heterocycles. The zero-order chi connectivity index (χ0) is 14.5. The molecule has 2 aliphatic rings. The Morgan fingerprint density at radius 1 is 1.19 bits per heavy atom. The van der Waals surface area contributed by atoms with E-state index in [0.717, 1.165) is 26.1 Å². The van der Waals surface area contributed by atoms with E-state index in [1.165, 1.54) is 18.4 Å². The first-order valence-corrected chi connectivity index (χ1v) is 8.08. The number of carbonyl (C=O) groups excluding carboxylic acids is 1. The van der Waals surface area contributed by atoms with Crippen molar-refractivity contribution in [1.29, 1.82) is 0 Å². The molecule has 0 bridgehead atoms. The summed E-state index contributed by atoms with van der Waals surface area (Å²) in [6.45, 7) is 3.44. The van der Waals surface area contributed by atoms with E-state index in [9.17, 15) is 4.79 Å². The van der Waals surface area contributed by atoms with Gasteiger partial charge in [0.2, 0.25) is 5.91 Å². The van der Waals surface area contributed by atoms with Gasteiger partial charge in [0, 0.05) is 18.5 Å². The molecule has 3 N–H and O–H groups in total. The molecular formula is C17H25N3O. The van der Waals surface area contributed by atoms with Crippen molar-refractivity contribution >= 4 is 5.91 Å². The predicted octanol–water partition coefficient (Wildman–Crippen LogP) is 1.25. The van der Waals surface area contributed by atoms with Crippen LogP contribution in [0.25, 0.3) is 0 Å². The van der Waals surface area contributed by atoms with Crippen LogP contribution in [0.15, 0.2) is 30.3 Å². The molecule has 1 saturated heterocycles. The van der Waals surface area contributed by atoms with Gasteiger partial charge in [-0.05, 0) is 43.8 Å². The van der Waals surface area contributed by atoms with Crippen LogP contribution in [-0.2, 0) is 4.79 Å². The van der Waals surface area contributed by atoms with Crippen LogP contribution in [0.3, 0.4) is 0 Å². The van der Waals surface area contributed by atoms with E-state index in [2.05, 4.69) is 40.2 Å². The standard InChI is InChI=1S/C17H25N3O/c21-17(20-11-13-6-8-18-9-7-13)12-19-16-10-15(16)14-4-2-1-3-5-14/h1-5,13,15-16,18-19H,6-12H2,(H,20,21)/t15-,16+/m0/s1. The molecule has 0 spiro atoms. The second-order valence-electron chi connectivity index (χ2n) is 6.24. The molecule has 114 valence electrons. The first kappa shape index (κ1) is 14.5. The van der Waals surface area contributed by atoms with Crippen LogP contribution >= 0.6 is 0 Å². The van der Waals surface area contributed by atoms with Gasteiger partial charge in [0.1, 0.15) is 0 Å². The van der Waals surface area contributed by atoms with Gasteiger partial charge in [-0.3, -0.25) is 4.79 Å². The Hall–Kier alpha value is -1.39. The second-order valence-corrected chi connectivity index (χ2v) is 6.24. The Kier molecular flexibility index (Phi) is 4.88. The molecular weight excluding hydrogens is 262 g/mol. The Bertz CT molecular complexity index is 456. The molecule has 4 heteroatoms. The average molecular weight is 287 g/mol. The lowest BCUT2D eigenvalue weighted by atomic mass is 9.98. The van der Waals surface area contributed by atoms with Gasteiger partial charge < -0.3 is 16.0 Å². The average Bonchev–Trinajstić information content (AvgIpc) is 3.32. The van der Waals surface area contributed by atoms with Crippen molar-refractivity contribution in [2.45, 2.75) is 31.2 Å². The summed E-state index contributed by atoms with van der Waals surface area (Å²) in [5, 5.41) is 9.78. The smallest absolute Gasteiger partial charge is 0.233 e. The number of hydrogen-bond donors (Lipinski definition) is 3. The summed E-state index contributed by atoms with van der Waals surface area (Å²) in [6, 6.07) is 11.0. The first-order valence-electron chi connectivity index (χ1n) is 8.08. The summed E-state index contributed by atoms with van der Waals surface area (Å²) in [6.07, 6.45) is 3.49. The summed E-state index contributed by atoms with van der Waals surface area (Å²) in [5.41, 5.74) is 1.38. The third kappa shape index (κ3) is 4.29. The van der Waals surface area contributed by atoms with Gasteiger partial charge in [-0.2, -0.15) is 0 Å². The third-order valence-corrected chi connectivity index (χ3v) is 4.59. The molecule has 0 unspecified atom stereocenters. The molecule has 0 radical (unpaired) electrons. The van der Waals surface area contributed by atoms with Gasteiger partial charge >= 0.3 is 0 Å². The minimum atomic E-state index is 0.132. The fraction of sp³-hybridized carbons (Fsp3) is 0.588. The summed E-state index contributed by atoms with van der Waals surface area (Å²) < 4.78 is 0. The molecule has 2 atom stereocenters. The number of nitrogens with one attached hydrogen (secondary N) is 3. The van der Waals surface area contributed by atoms with Crippen molar-refractivity contribution in [2.75, 3.05) is 26.2 Å². The van der Waals surface area contributed by atoms with E-state index in [0.29, 0.717) is 24.4 Å². The monoisotopic (exact) mass is 287 g/mol. The zero-order valence-corrected chi connectivity index (χ0v) is 12.5. The van der Waals surface area contributed by atoms with Crippen LogP contribution in [0.4, 0.5) is 0 Å². The van der Waals surface area contributed by atoms with E-state index < -0.39 is 0 Å². The van der Waals surface area contributed by atoms with Crippen molar-refractivity contribution in [3.8, 4) is 0 Å². The highest BCUT2D eigenvalue weighted by atomic mass is 16.1. The topological polar surface area (TPSA) is 53.2 Å². The van der Waals surface area contributed by atoms with Crippen LogP contribution < -0.4 is 16.0 Å². The minimum Gasteiger partial charge on any atom is -0.355 e. The highest BCUT2D eigenvalue weighted by Gasteiger charge is 2.37. The summed E-state index contributed by atoms with van der Waals surface area (Å²) in [7, 11) is 0. The maximum atomic E-state index is 11.9. The number of amides is 1. The number of rotatable bonds is 6. The zero-order valence-electron chi connectivity index (χ0n) is 12.5. The fourth-order valence-electron chi connectivity index (χ4n) is 3.12. The van der Waals surface area contributed by atoms with Crippen molar-refractivity contribution in [2.24, 2.45) is 5.92 Å². The van der Waals surface area contributed by atoms with E-state index >= 15 is 0 Å². The maximum absolute atomic E-state index is 11.9. The molecule has 0 aromatic heterocycles. The Labute approximate surface area is 126 Å². The molecule has 1 saturated carbocycles. The molecule has 1 aliphatic carbocycles. The summed E-state index contributed by atoms with van der Waals surface area (Å²) in [4.78, 5) is 11.9. The van der Waals surface area contributed by atoms with Crippen molar-refractivity contribution in [3.05, 3.63) is 35.9 Å². The molecule has 1 heterocycles. The Balaban J connectivity index is 1.32. The van der Waals surface area contributed by atoms with Gasteiger partial charge in [-0.1, -0.05) is 30.3 Å². The van der Waals surface area contributed by atoms with Crippen molar-refractivity contribution in [1.82, 2.24) is 16.0 Å². The number of hydrogen-bond acceptors (Lipinski definition) is 3. The summed E-state index contributed by atoms with van der Waals surface area (Å²) in [5.74, 6) is 1.36. The normalized spacial score (nSPS) is 25.5. The fourth-order valence-corrected chi connectivity index (χ4v) is 3.12. The first-order chi connectivity index (χ1) is 10.3. The number of benzene rings is 1. The van der Waals surface area contributed by atoms with Crippen LogP contribution in [0, 0.1) is 5.92 Å². The molecule has 2 fully saturated rings.